The zero-order valence-electron chi connectivity index (χ0n) is 11.5. The minimum absolute atomic E-state index is 0.106. The molecule has 0 saturated heterocycles. The van der Waals surface area contributed by atoms with Crippen LogP contribution in [0.25, 0.3) is 5.65 Å². The highest BCUT2D eigenvalue weighted by atomic mass is 35.5. The Morgan fingerprint density at radius 3 is 2.81 bits per heavy atom. The van der Waals surface area contributed by atoms with E-state index < -0.39 is 0 Å². The zero-order chi connectivity index (χ0) is 14.8. The number of aryl methyl sites for hydroxylation is 1. The summed E-state index contributed by atoms with van der Waals surface area (Å²) in [5.74, 6) is -0.106. The number of fused-ring (bicyclic) bond motifs is 1. The molecule has 0 spiro atoms. The molecule has 0 aliphatic rings. The Hall–Kier alpha value is -2.33. The molecule has 0 radical (unpaired) electrons. The lowest BCUT2D eigenvalue weighted by Gasteiger charge is -2.03. The van der Waals surface area contributed by atoms with Gasteiger partial charge in [0.25, 0.3) is 5.91 Å². The van der Waals surface area contributed by atoms with E-state index in [-0.39, 0.29) is 5.91 Å². The Bertz CT molecular complexity index is 793. The fourth-order valence-corrected chi connectivity index (χ4v) is 2.23. The number of nitrogens with zero attached hydrogens (tertiary/aromatic N) is 2. The van der Waals surface area contributed by atoms with Gasteiger partial charge in [0.05, 0.1) is 12.2 Å². The number of hydrogen-bond acceptors (Lipinski definition) is 2. The van der Waals surface area contributed by atoms with Gasteiger partial charge in [-0.3, -0.25) is 4.79 Å². The molecule has 0 aliphatic heterocycles. The summed E-state index contributed by atoms with van der Waals surface area (Å²) in [4.78, 5) is 16.4. The molecule has 3 aromatic rings. The van der Waals surface area contributed by atoms with E-state index in [1.807, 2.05) is 48.0 Å². The van der Waals surface area contributed by atoms with E-state index in [4.69, 9.17) is 11.6 Å². The molecule has 5 heteroatoms. The van der Waals surface area contributed by atoms with E-state index in [0.29, 0.717) is 17.1 Å². The summed E-state index contributed by atoms with van der Waals surface area (Å²) in [5.41, 5.74) is 3.33. The van der Waals surface area contributed by atoms with Crippen molar-refractivity contribution in [2.45, 2.75) is 13.5 Å². The van der Waals surface area contributed by atoms with E-state index in [1.54, 1.807) is 12.1 Å². The number of rotatable bonds is 3. The maximum absolute atomic E-state index is 12.0. The van der Waals surface area contributed by atoms with Gasteiger partial charge in [0.15, 0.2) is 0 Å². The first-order valence-electron chi connectivity index (χ1n) is 6.60. The maximum atomic E-state index is 12.0. The number of pyridine rings is 1. The summed E-state index contributed by atoms with van der Waals surface area (Å²) in [6.45, 7) is 2.37. The van der Waals surface area contributed by atoms with Gasteiger partial charge in [0.2, 0.25) is 0 Å². The van der Waals surface area contributed by atoms with Gasteiger partial charge < -0.3 is 9.72 Å². The predicted molar refractivity (Wildman–Crippen MR) is 82.6 cm³/mol. The largest absolute Gasteiger partial charge is 0.346 e. The number of halogens is 1. The second kappa shape index (κ2) is 5.58. The van der Waals surface area contributed by atoms with Crippen LogP contribution in [0.5, 0.6) is 0 Å². The maximum Gasteiger partial charge on any atom is 0.251 e. The first-order valence-corrected chi connectivity index (χ1v) is 6.97. The summed E-state index contributed by atoms with van der Waals surface area (Å²) in [5, 5.41) is 3.50. The van der Waals surface area contributed by atoms with Crippen molar-refractivity contribution < 1.29 is 4.79 Å². The fraction of sp³-hybridized carbons (Fsp3) is 0.125. The van der Waals surface area contributed by atoms with Crippen molar-refractivity contribution in [1.29, 1.82) is 0 Å². The van der Waals surface area contributed by atoms with Gasteiger partial charge >= 0.3 is 0 Å². The summed E-state index contributed by atoms with van der Waals surface area (Å²) < 4.78 is 1.87. The van der Waals surface area contributed by atoms with Crippen LogP contribution in [0.15, 0.2) is 48.8 Å². The topological polar surface area (TPSA) is 46.4 Å². The number of amides is 1. The highest BCUT2D eigenvalue weighted by Crippen LogP contribution is 2.12. The van der Waals surface area contributed by atoms with Crippen LogP contribution >= 0.6 is 11.6 Å². The highest BCUT2D eigenvalue weighted by Gasteiger charge is 2.07. The number of carbonyl (C=O) groups excluding carboxylic acids is 1. The predicted octanol–water partition coefficient (Wildman–Crippen LogP) is 3.23. The normalized spacial score (nSPS) is 10.8. The minimum atomic E-state index is -0.106. The molecule has 0 unspecified atom stereocenters. The van der Waals surface area contributed by atoms with Crippen LogP contribution in [-0.4, -0.2) is 15.3 Å². The molecule has 1 amide bonds. The Kier molecular flexibility index (Phi) is 3.62. The van der Waals surface area contributed by atoms with Crippen LogP contribution in [0.1, 0.15) is 21.6 Å². The molecular weight excluding hydrogens is 286 g/mol. The first-order chi connectivity index (χ1) is 10.1. The molecule has 1 aromatic carbocycles. The van der Waals surface area contributed by atoms with Gasteiger partial charge in [-0.1, -0.05) is 29.3 Å². The van der Waals surface area contributed by atoms with Gasteiger partial charge in [0, 0.05) is 23.0 Å². The number of carbonyl (C=O) groups is 1. The number of nitrogens with one attached hydrogen (secondary N) is 1. The number of aromatic nitrogens is 2. The molecule has 0 aliphatic carbocycles. The third-order valence-electron chi connectivity index (χ3n) is 3.22. The summed E-state index contributed by atoms with van der Waals surface area (Å²) in [6, 6.07) is 11.0. The third kappa shape index (κ3) is 3.06. The molecule has 1 N–H and O–H groups in total. The Balaban J connectivity index is 1.71. The molecule has 0 fully saturated rings. The van der Waals surface area contributed by atoms with E-state index in [9.17, 15) is 4.79 Å². The van der Waals surface area contributed by atoms with Crippen molar-refractivity contribution in [3.05, 3.63) is 70.6 Å². The zero-order valence-corrected chi connectivity index (χ0v) is 12.3. The minimum Gasteiger partial charge on any atom is -0.346 e. The van der Waals surface area contributed by atoms with E-state index in [0.717, 1.165) is 16.9 Å². The lowest BCUT2D eigenvalue weighted by atomic mass is 10.1. The third-order valence-corrected chi connectivity index (χ3v) is 3.45. The van der Waals surface area contributed by atoms with Crippen LogP contribution in [0, 0.1) is 6.92 Å². The summed E-state index contributed by atoms with van der Waals surface area (Å²) in [6.07, 6.45) is 3.72. The second-order valence-electron chi connectivity index (χ2n) is 4.89. The summed E-state index contributed by atoms with van der Waals surface area (Å²) >= 11 is 5.93. The monoisotopic (exact) mass is 299 g/mol. The standard InChI is InChI=1S/C16H14ClN3O/c1-11-2-4-12(5-3-11)16(21)18-9-14-10-20-7-6-13(17)8-15(20)19-14/h2-8,10H,9H2,1H3,(H,18,21). The SMILES string of the molecule is Cc1ccc(C(=O)NCc2cn3ccc(Cl)cc3n2)cc1. The van der Waals surface area contributed by atoms with Crippen LogP contribution in [0.2, 0.25) is 5.02 Å². The van der Waals surface area contributed by atoms with E-state index in [2.05, 4.69) is 10.3 Å². The Morgan fingerprint density at radius 1 is 1.29 bits per heavy atom. The lowest BCUT2D eigenvalue weighted by molar-refractivity contribution is 0.0950. The average Bonchev–Trinajstić information content (AvgIpc) is 2.87. The number of imidazole rings is 1. The molecular formula is C16H14ClN3O. The molecule has 0 bridgehead atoms. The Labute approximate surface area is 127 Å². The smallest absolute Gasteiger partial charge is 0.251 e. The van der Waals surface area contributed by atoms with Gasteiger partial charge in [-0.05, 0) is 31.2 Å². The molecule has 3 rings (SSSR count). The van der Waals surface area contributed by atoms with Crippen molar-refractivity contribution in [2.75, 3.05) is 0 Å². The van der Waals surface area contributed by atoms with Crippen LogP contribution < -0.4 is 5.32 Å². The molecule has 106 valence electrons. The van der Waals surface area contributed by atoms with E-state index >= 15 is 0 Å². The quantitative estimate of drug-likeness (QED) is 0.807. The van der Waals surface area contributed by atoms with Crippen LogP contribution in [0.3, 0.4) is 0 Å². The van der Waals surface area contributed by atoms with E-state index in [1.165, 1.54) is 0 Å². The highest BCUT2D eigenvalue weighted by molar-refractivity contribution is 6.30. The van der Waals surface area contributed by atoms with Crippen molar-refractivity contribution in [3.63, 3.8) is 0 Å². The Morgan fingerprint density at radius 2 is 2.05 bits per heavy atom. The first kappa shape index (κ1) is 13.6. The van der Waals surface area contributed by atoms with Gasteiger partial charge in [-0.2, -0.15) is 0 Å². The lowest BCUT2D eigenvalue weighted by Crippen LogP contribution is -2.22. The molecule has 4 nitrogen and oxygen atoms in total. The van der Waals surface area contributed by atoms with Gasteiger partial charge in [0.1, 0.15) is 5.65 Å². The molecule has 2 heterocycles. The van der Waals surface area contributed by atoms with Gasteiger partial charge in [-0.15, -0.1) is 0 Å². The molecule has 0 atom stereocenters. The van der Waals surface area contributed by atoms with Crippen LogP contribution in [0.4, 0.5) is 0 Å². The van der Waals surface area contributed by atoms with Gasteiger partial charge in [-0.25, -0.2) is 4.98 Å². The molecule has 2 aromatic heterocycles. The van der Waals surface area contributed by atoms with Crippen molar-refractivity contribution in [1.82, 2.24) is 14.7 Å². The number of hydrogen-bond donors (Lipinski definition) is 1. The van der Waals surface area contributed by atoms with Crippen molar-refractivity contribution in [2.24, 2.45) is 0 Å². The van der Waals surface area contributed by atoms with Crippen molar-refractivity contribution >= 4 is 23.2 Å². The molecule has 21 heavy (non-hydrogen) atoms. The van der Waals surface area contributed by atoms with Crippen molar-refractivity contribution in [3.8, 4) is 0 Å². The molecule has 0 saturated carbocycles. The summed E-state index contributed by atoms with van der Waals surface area (Å²) in [7, 11) is 0. The second-order valence-corrected chi connectivity index (χ2v) is 5.33. The average molecular weight is 300 g/mol. The van der Waals surface area contributed by atoms with Crippen LogP contribution in [-0.2, 0) is 6.54 Å². The number of benzene rings is 1. The fourth-order valence-electron chi connectivity index (χ4n) is 2.07.